The summed E-state index contributed by atoms with van der Waals surface area (Å²) >= 11 is 0. The number of likely N-dealkylation sites (tertiary alicyclic amines) is 1. The maximum atomic E-state index is 13.5. The van der Waals surface area contributed by atoms with E-state index in [1.165, 1.54) is 0 Å². The summed E-state index contributed by atoms with van der Waals surface area (Å²) in [5.41, 5.74) is 3.55. The van der Waals surface area contributed by atoms with E-state index in [1.807, 2.05) is 49.4 Å². The van der Waals surface area contributed by atoms with Crippen molar-refractivity contribution >= 4 is 27.5 Å². The van der Waals surface area contributed by atoms with Crippen LogP contribution in [0, 0.1) is 31.6 Å². The number of nitrogens with zero attached hydrogens (tertiary/aromatic N) is 4. The van der Waals surface area contributed by atoms with Gasteiger partial charge in [-0.3, -0.25) is 19.2 Å². The molecular weight excluding hydrogens is 540 g/mol. The Morgan fingerprint density at radius 2 is 1.80 bits per heavy atom. The Balaban J connectivity index is 1.48. The molecule has 2 saturated heterocycles. The van der Waals surface area contributed by atoms with E-state index in [0.29, 0.717) is 44.7 Å². The van der Waals surface area contributed by atoms with Crippen LogP contribution in [0.25, 0.3) is 5.69 Å². The van der Waals surface area contributed by atoms with Gasteiger partial charge in [0.15, 0.2) is 6.04 Å². The molecule has 3 heterocycles. The molecule has 1 aromatic carbocycles. The van der Waals surface area contributed by atoms with Crippen LogP contribution in [0.5, 0.6) is 0 Å². The van der Waals surface area contributed by atoms with Gasteiger partial charge in [-0.1, -0.05) is 39.0 Å². The second-order valence-electron chi connectivity index (χ2n) is 11.5. The number of piperidine rings is 1. The van der Waals surface area contributed by atoms with Gasteiger partial charge < -0.3 is 10.2 Å². The zero-order valence-corrected chi connectivity index (χ0v) is 25.8. The Hall–Kier alpha value is -3.36. The predicted octanol–water partition coefficient (Wildman–Crippen LogP) is 2.98. The van der Waals surface area contributed by atoms with Crippen LogP contribution in [0.15, 0.2) is 24.3 Å². The molecule has 0 unspecified atom stereocenters. The number of hydrogen-bond donors (Lipinski definition) is 2. The first-order valence-electron chi connectivity index (χ1n) is 14.3. The highest BCUT2D eigenvalue weighted by molar-refractivity contribution is 7.92. The SMILES string of the molecule is CCCCN1C(=O)[C@H](C#CC(C)C)NC(=O)C12CCN(Cc1c(C)nn(-c3ccc(NS(C)(=O)=O)cc3)c1C)CC2. The fourth-order valence-corrected chi connectivity index (χ4v) is 6.21. The molecule has 2 fully saturated rings. The molecule has 2 N–H and O–H groups in total. The number of amides is 2. The Morgan fingerprint density at radius 1 is 1.15 bits per heavy atom. The Bertz CT molecular complexity index is 1440. The van der Waals surface area contributed by atoms with Crippen molar-refractivity contribution in [3.63, 3.8) is 0 Å². The van der Waals surface area contributed by atoms with Crippen molar-refractivity contribution in [2.24, 2.45) is 5.92 Å². The summed E-state index contributed by atoms with van der Waals surface area (Å²) in [5.74, 6) is 5.97. The summed E-state index contributed by atoms with van der Waals surface area (Å²) in [5, 5.41) is 7.70. The number of unbranched alkanes of at least 4 members (excludes halogenated alkanes) is 1. The van der Waals surface area contributed by atoms with Gasteiger partial charge in [-0.15, -0.1) is 0 Å². The molecule has 2 aromatic rings. The van der Waals surface area contributed by atoms with Crippen LogP contribution in [-0.2, 0) is 26.2 Å². The number of benzene rings is 1. The van der Waals surface area contributed by atoms with E-state index < -0.39 is 21.6 Å². The molecule has 0 aliphatic carbocycles. The fourth-order valence-electron chi connectivity index (χ4n) is 5.65. The summed E-state index contributed by atoms with van der Waals surface area (Å²) in [6.45, 7) is 12.7. The average Bonchev–Trinajstić information content (AvgIpc) is 3.19. The number of nitrogens with one attached hydrogen (secondary N) is 2. The predicted molar refractivity (Wildman–Crippen MR) is 160 cm³/mol. The number of aryl methyl sites for hydroxylation is 1. The molecule has 1 spiro atoms. The molecule has 1 atom stereocenters. The first kappa shape index (κ1) is 30.6. The highest BCUT2D eigenvalue weighted by Gasteiger charge is 2.53. The fraction of sp³-hybridized carbons (Fsp3) is 0.567. The van der Waals surface area contributed by atoms with Crippen LogP contribution >= 0.6 is 0 Å². The third kappa shape index (κ3) is 6.76. The van der Waals surface area contributed by atoms with Crippen LogP contribution < -0.4 is 10.0 Å². The molecule has 0 saturated carbocycles. The zero-order chi connectivity index (χ0) is 29.9. The Labute approximate surface area is 243 Å². The van der Waals surface area contributed by atoms with E-state index in [9.17, 15) is 18.0 Å². The monoisotopic (exact) mass is 582 g/mol. The lowest BCUT2D eigenvalue weighted by molar-refractivity contribution is -0.159. The molecule has 0 radical (unpaired) electrons. The minimum absolute atomic E-state index is 0.0923. The molecule has 10 nitrogen and oxygen atoms in total. The summed E-state index contributed by atoms with van der Waals surface area (Å²) in [4.78, 5) is 31.2. The topological polar surface area (TPSA) is 117 Å². The maximum Gasteiger partial charge on any atom is 0.258 e. The van der Waals surface area contributed by atoms with Crippen molar-refractivity contribution in [2.45, 2.75) is 78.4 Å². The minimum atomic E-state index is -3.35. The van der Waals surface area contributed by atoms with Crippen molar-refractivity contribution < 1.29 is 18.0 Å². The van der Waals surface area contributed by atoms with Crippen LogP contribution in [0.3, 0.4) is 0 Å². The summed E-state index contributed by atoms with van der Waals surface area (Å²) in [6, 6.07) is 6.33. The molecule has 4 rings (SSSR count). The first-order valence-corrected chi connectivity index (χ1v) is 16.2. The quantitative estimate of drug-likeness (QED) is 0.463. The largest absolute Gasteiger partial charge is 0.332 e. The molecule has 2 aliphatic heterocycles. The number of carbonyl (C=O) groups excluding carboxylic acids is 2. The minimum Gasteiger partial charge on any atom is -0.332 e. The van der Waals surface area contributed by atoms with E-state index in [2.05, 4.69) is 33.7 Å². The van der Waals surface area contributed by atoms with Crippen molar-refractivity contribution in [1.29, 1.82) is 0 Å². The van der Waals surface area contributed by atoms with Gasteiger partial charge in [0.1, 0.15) is 5.54 Å². The van der Waals surface area contributed by atoms with E-state index in [0.717, 1.165) is 41.7 Å². The number of aromatic nitrogens is 2. The number of hydrogen-bond acceptors (Lipinski definition) is 6. The second kappa shape index (κ2) is 12.2. The van der Waals surface area contributed by atoms with Gasteiger partial charge in [-0.25, -0.2) is 13.1 Å². The van der Waals surface area contributed by atoms with Crippen molar-refractivity contribution in [3.8, 4) is 17.5 Å². The zero-order valence-electron chi connectivity index (χ0n) is 25.0. The third-order valence-corrected chi connectivity index (χ3v) is 8.51. The van der Waals surface area contributed by atoms with E-state index >= 15 is 0 Å². The third-order valence-electron chi connectivity index (χ3n) is 7.90. The van der Waals surface area contributed by atoms with Crippen molar-refractivity contribution in [3.05, 3.63) is 41.2 Å². The van der Waals surface area contributed by atoms with E-state index in [4.69, 9.17) is 5.10 Å². The smallest absolute Gasteiger partial charge is 0.258 e. The lowest BCUT2D eigenvalue weighted by Gasteiger charge is -2.51. The van der Waals surface area contributed by atoms with Crippen LogP contribution in [0.1, 0.15) is 63.4 Å². The molecule has 0 bridgehead atoms. The lowest BCUT2D eigenvalue weighted by Crippen LogP contribution is -2.72. The number of rotatable bonds is 8. The van der Waals surface area contributed by atoms with Crippen molar-refractivity contribution in [1.82, 2.24) is 24.9 Å². The average molecular weight is 583 g/mol. The van der Waals surface area contributed by atoms with Gasteiger partial charge in [0.05, 0.1) is 17.6 Å². The molecule has 222 valence electrons. The van der Waals surface area contributed by atoms with Crippen LogP contribution in [0.2, 0.25) is 0 Å². The van der Waals surface area contributed by atoms with Gasteiger partial charge in [0, 0.05) is 49.0 Å². The van der Waals surface area contributed by atoms with Crippen molar-refractivity contribution in [2.75, 3.05) is 30.6 Å². The van der Waals surface area contributed by atoms with Gasteiger partial charge >= 0.3 is 0 Å². The van der Waals surface area contributed by atoms with Gasteiger partial charge in [-0.2, -0.15) is 5.10 Å². The normalized spacial score (nSPS) is 19.3. The summed E-state index contributed by atoms with van der Waals surface area (Å²) in [7, 11) is -3.35. The van der Waals surface area contributed by atoms with Gasteiger partial charge in [-0.05, 0) is 57.4 Å². The second-order valence-corrected chi connectivity index (χ2v) is 13.2. The maximum absolute atomic E-state index is 13.5. The number of anilines is 1. The highest BCUT2D eigenvalue weighted by Crippen LogP contribution is 2.34. The molecule has 2 aliphatic rings. The molecule has 11 heteroatoms. The van der Waals surface area contributed by atoms with E-state index in [1.54, 1.807) is 12.1 Å². The van der Waals surface area contributed by atoms with Gasteiger partial charge in [0.2, 0.25) is 15.9 Å². The highest BCUT2D eigenvalue weighted by atomic mass is 32.2. The molecular formula is C30H42N6O4S. The van der Waals surface area contributed by atoms with E-state index in [-0.39, 0.29) is 17.7 Å². The summed E-state index contributed by atoms with van der Waals surface area (Å²) in [6.07, 6.45) is 4.05. The standard InChI is InChI=1S/C30H42N6O4S/c1-7-8-17-35-28(37)27(14-9-21(2)3)31-29(38)30(35)15-18-34(19-16-30)20-26-22(4)32-36(23(26)5)25-12-10-24(11-13-25)33-41(6,39)40/h10-13,21,27,33H,7-8,15-20H2,1-6H3,(H,31,38)/t27-/m0/s1. The molecule has 2 amide bonds. The number of carbonyl (C=O) groups is 2. The number of piperazine rings is 1. The summed E-state index contributed by atoms with van der Waals surface area (Å²) < 4.78 is 27.4. The number of sulfonamides is 1. The first-order chi connectivity index (χ1) is 19.3. The van der Waals surface area contributed by atoms with Gasteiger partial charge in [0.25, 0.3) is 5.91 Å². The van der Waals surface area contributed by atoms with Crippen LogP contribution in [-0.4, -0.2) is 77.3 Å². The molecule has 1 aromatic heterocycles. The van der Waals surface area contributed by atoms with Crippen LogP contribution in [0.4, 0.5) is 5.69 Å². The molecule has 41 heavy (non-hydrogen) atoms. The Kier molecular flexibility index (Phi) is 9.14. The lowest BCUT2D eigenvalue weighted by atomic mass is 9.81. The Morgan fingerprint density at radius 3 is 2.39 bits per heavy atom.